The molecule has 1 aromatic carbocycles. The largest absolute Gasteiger partial charge is 0.369 e. The highest BCUT2D eigenvalue weighted by molar-refractivity contribution is 7.15. The third-order valence-corrected chi connectivity index (χ3v) is 5.53. The second-order valence-electron chi connectivity index (χ2n) is 6.18. The van der Waals surface area contributed by atoms with E-state index in [0.717, 1.165) is 42.4 Å². The Bertz CT molecular complexity index is 894. The van der Waals surface area contributed by atoms with Crippen molar-refractivity contribution < 1.29 is 0 Å². The van der Waals surface area contributed by atoms with Crippen LogP contribution in [0.1, 0.15) is 11.3 Å². The van der Waals surface area contributed by atoms with E-state index in [9.17, 15) is 4.79 Å². The van der Waals surface area contributed by atoms with Crippen molar-refractivity contribution in [2.75, 3.05) is 31.1 Å². The maximum atomic E-state index is 12.7. The van der Waals surface area contributed by atoms with E-state index in [1.165, 1.54) is 17.0 Å². The number of aryl methyl sites for hydroxylation is 1. The summed E-state index contributed by atoms with van der Waals surface area (Å²) < 4.78 is 1.72. The van der Waals surface area contributed by atoms with Crippen molar-refractivity contribution >= 4 is 22.0 Å². The van der Waals surface area contributed by atoms with Crippen LogP contribution in [0.3, 0.4) is 0 Å². The Kier molecular flexibility index (Phi) is 4.08. The van der Waals surface area contributed by atoms with Gasteiger partial charge in [-0.3, -0.25) is 14.1 Å². The molecule has 0 N–H and O–H groups in total. The summed E-state index contributed by atoms with van der Waals surface area (Å²) in [5, 5.41) is 1.98. The second kappa shape index (κ2) is 6.37. The summed E-state index contributed by atoms with van der Waals surface area (Å²) in [5.74, 6) is 0. The van der Waals surface area contributed by atoms with Crippen LogP contribution in [0.15, 0.2) is 46.7 Å². The van der Waals surface area contributed by atoms with Crippen LogP contribution in [-0.4, -0.2) is 40.5 Å². The predicted molar refractivity (Wildman–Crippen MR) is 98.0 cm³/mol. The molecule has 4 rings (SSSR count). The van der Waals surface area contributed by atoms with Crippen molar-refractivity contribution in [3.63, 3.8) is 0 Å². The highest BCUT2D eigenvalue weighted by atomic mass is 32.1. The summed E-state index contributed by atoms with van der Waals surface area (Å²) in [5.41, 5.74) is 3.09. The molecule has 5 nitrogen and oxygen atoms in total. The first-order valence-electron chi connectivity index (χ1n) is 8.19. The highest BCUT2D eigenvalue weighted by Crippen LogP contribution is 2.17. The first kappa shape index (κ1) is 15.4. The van der Waals surface area contributed by atoms with Crippen molar-refractivity contribution in [1.29, 1.82) is 0 Å². The van der Waals surface area contributed by atoms with Gasteiger partial charge in [0.2, 0.25) is 0 Å². The number of fused-ring (bicyclic) bond motifs is 1. The Morgan fingerprint density at radius 1 is 1.12 bits per heavy atom. The number of hydrogen-bond donors (Lipinski definition) is 0. The number of rotatable bonds is 3. The molecule has 6 heteroatoms. The summed E-state index contributed by atoms with van der Waals surface area (Å²) in [6.45, 7) is 6.51. The van der Waals surface area contributed by atoms with Crippen LogP contribution < -0.4 is 10.5 Å². The van der Waals surface area contributed by atoms with Crippen LogP contribution in [0.25, 0.3) is 4.96 Å². The van der Waals surface area contributed by atoms with Crippen LogP contribution in [0.2, 0.25) is 0 Å². The summed E-state index contributed by atoms with van der Waals surface area (Å²) in [7, 11) is 0. The fourth-order valence-corrected chi connectivity index (χ4v) is 4.04. The molecule has 0 saturated carbocycles. The van der Waals surface area contributed by atoms with E-state index >= 15 is 0 Å². The molecule has 1 aliphatic heterocycles. The van der Waals surface area contributed by atoms with Gasteiger partial charge in [-0.1, -0.05) is 18.2 Å². The number of aromatic nitrogens is 2. The van der Waals surface area contributed by atoms with Crippen molar-refractivity contribution in [2.45, 2.75) is 13.5 Å². The zero-order valence-corrected chi connectivity index (χ0v) is 14.5. The molecule has 0 aliphatic carbocycles. The van der Waals surface area contributed by atoms with Crippen molar-refractivity contribution in [1.82, 2.24) is 14.3 Å². The lowest BCUT2D eigenvalue weighted by Gasteiger charge is -2.36. The van der Waals surface area contributed by atoms with Crippen molar-refractivity contribution in [3.05, 3.63) is 63.5 Å². The summed E-state index contributed by atoms with van der Waals surface area (Å²) in [4.78, 5) is 22.6. The molecule has 124 valence electrons. The fraction of sp³-hybridized carbons (Fsp3) is 0.333. The van der Waals surface area contributed by atoms with Crippen LogP contribution in [0.5, 0.6) is 0 Å². The van der Waals surface area contributed by atoms with E-state index in [4.69, 9.17) is 0 Å². The molecule has 0 amide bonds. The van der Waals surface area contributed by atoms with Crippen molar-refractivity contribution in [2.24, 2.45) is 0 Å². The van der Waals surface area contributed by atoms with Gasteiger partial charge in [-0.2, -0.15) is 0 Å². The number of hydrogen-bond acceptors (Lipinski definition) is 5. The third-order valence-electron chi connectivity index (χ3n) is 4.58. The molecule has 0 radical (unpaired) electrons. The maximum Gasteiger partial charge on any atom is 0.263 e. The van der Waals surface area contributed by atoms with Gasteiger partial charge in [0.15, 0.2) is 4.96 Å². The number of piperazine rings is 1. The normalized spacial score (nSPS) is 16.0. The molecule has 3 heterocycles. The van der Waals surface area contributed by atoms with Gasteiger partial charge < -0.3 is 4.90 Å². The Hall–Kier alpha value is -2.18. The molecule has 24 heavy (non-hydrogen) atoms. The van der Waals surface area contributed by atoms with Gasteiger partial charge in [-0.15, -0.1) is 11.3 Å². The number of anilines is 1. The molecule has 1 aliphatic rings. The van der Waals surface area contributed by atoms with Gasteiger partial charge in [0, 0.05) is 55.7 Å². The molecule has 1 fully saturated rings. The van der Waals surface area contributed by atoms with E-state index < -0.39 is 0 Å². The minimum atomic E-state index is 0.0734. The van der Waals surface area contributed by atoms with Gasteiger partial charge in [0.25, 0.3) is 5.56 Å². The molecule has 0 spiro atoms. The zero-order valence-electron chi connectivity index (χ0n) is 13.7. The molecule has 0 bridgehead atoms. The first-order valence-corrected chi connectivity index (χ1v) is 9.07. The average molecular weight is 340 g/mol. The molecule has 3 aromatic rings. The standard InChI is InChI=1S/C18H20N4OS/c1-14-13-24-18-19-11-15(17(23)22(14)18)12-20-7-9-21(10-8-20)16-5-3-2-4-6-16/h2-6,11,13H,7-10,12H2,1H3. The Morgan fingerprint density at radius 3 is 2.62 bits per heavy atom. The van der Waals surface area contributed by atoms with E-state index in [1.807, 2.05) is 18.4 Å². The van der Waals surface area contributed by atoms with E-state index in [-0.39, 0.29) is 5.56 Å². The predicted octanol–water partition coefficient (Wildman–Crippen LogP) is 2.39. The monoisotopic (exact) mass is 340 g/mol. The van der Waals surface area contributed by atoms with Gasteiger partial charge in [0.05, 0.1) is 5.56 Å². The van der Waals surface area contributed by atoms with Gasteiger partial charge in [-0.25, -0.2) is 4.98 Å². The Balaban J connectivity index is 1.47. The molecule has 1 saturated heterocycles. The lowest BCUT2D eigenvalue weighted by molar-refractivity contribution is 0.248. The molecule has 0 atom stereocenters. The maximum absolute atomic E-state index is 12.7. The summed E-state index contributed by atoms with van der Waals surface area (Å²) in [6.07, 6.45) is 1.75. The smallest absolute Gasteiger partial charge is 0.263 e. The second-order valence-corrected chi connectivity index (χ2v) is 7.02. The highest BCUT2D eigenvalue weighted by Gasteiger charge is 2.19. The van der Waals surface area contributed by atoms with Crippen LogP contribution in [-0.2, 0) is 6.54 Å². The quantitative estimate of drug-likeness (QED) is 0.734. The number of benzene rings is 1. The van der Waals surface area contributed by atoms with Crippen LogP contribution in [0, 0.1) is 6.92 Å². The van der Waals surface area contributed by atoms with E-state index in [1.54, 1.807) is 10.6 Å². The van der Waals surface area contributed by atoms with Gasteiger partial charge in [-0.05, 0) is 19.1 Å². The number of nitrogens with zero attached hydrogens (tertiary/aromatic N) is 4. The van der Waals surface area contributed by atoms with Crippen LogP contribution in [0.4, 0.5) is 5.69 Å². The Labute approximate surface area is 144 Å². The lowest BCUT2D eigenvalue weighted by Crippen LogP contribution is -2.46. The van der Waals surface area contributed by atoms with Gasteiger partial charge >= 0.3 is 0 Å². The molecular formula is C18H20N4OS. The van der Waals surface area contributed by atoms with Crippen molar-refractivity contribution in [3.8, 4) is 0 Å². The average Bonchev–Trinajstić information content (AvgIpc) is 3.01. The first-order chi connectivity index (χ1) is 11.7. The van der Waals surface area contributed by atoms with E-state index in [0.29, 0.717) is 6.54 Å². The number of para-hydroxylation sites is 1. The van der Waals surface area contributed by atoms with Crippen LogP contribution >= 0.6 is 11.3 Å². The molecular weight excluding hydrogens is 320 g/mol. The third kappa shape index (κ3) is 2.83. The Morgan fingerprint density at radius 2 is 1.88 bits per heavy atom. The lowest BCUT2D eigenvalue weighted by atomic mass is 10.2. The topological polar surface area (TPSA) is 40.9 Å². The molecule has 2 aromatic heterocycles. The number of thiazole rings is 1. The summed E-state index contributed by atoms with van der Waals surface area (Å²) in [6, 6.07) is 10.5. The van der Waals surface area contributed by atoms with Gasteiger partial charge in [0.1, 0.15) is 0 Å². The minimum Gasteiger partial charge on any atom is -0.369 e. The van der Waals surface area contributed by atoms with E-state index in [2.05, 4.69) is 39.0 Å². The SMILES string of the molecule is Cc1csc2ncc(CN3CCN(c4ccccc4)CC3)c(=O)n12. The zero-order chi connectivity index (χ0) is 16.5. The molecule has 0 unspecified atom stereocenters. The minimum absolute atomic E-state index is 0.0734. The fourth-order valence-electron chi connectivity index (χ4n) is 3.21. The summed E-state index contributed by atoms with van der Waals surface area (Å²) >= 11 is 1.51.